The first kappa shape index (κ1) is 17.4. The Morgan fingerprint density at radius 1 is 1.16 bits per heavy atom. The maximum absolute atomic E-state index is 13.1. The van der Waals surface area contributed by atoms with Gasteiger partial charge in [-0.3, -0.25) is 9.59 Å². The van der Waals surface area contributed by atoms with E-state index in [4.69, 9.17) is 0 Å². The van der Waals surface area contributed by atoms with Crippen LogP contribution in [-0.4, -0.2) is 40.9 Å². The molecule has 1 aromatic heterocycles. The van der Waals surface area contributed by atoms with E-state index in [1.54, 1.807) is 15.7 Å². The number of hydrogen-bond acceptors (Lipinski definition) is 3. The summed E-state index contributed by atoms with van der Waals surface area (Å²) >= 11 is 0. The molecule has 0 fully saturated rings. The summed E-state index contributed by atoms with van der Waals surface area (Å²) in [7, 11) is 3.95. The van der Waals surface area contributed by atoms with E-state index in [-0.39, 0.29) is 17.5 Å². The highest BCUT2D eigenvalue weighted by Crippen LogP contribution is 2.24. The standard InChI is InChI=1S/C20H25N3O2/c1-14-9-10-23(15(2)11-21(3)4)20(25)18(14)19(24)22-12-16-7-5-6-8-17(16)13-22/h5-10,15H,11-13H2,1-4H3. The highest BCUT2D eigenvalue weighted by Gasteiger charge is 2.27. The van der Waals surface area contributed by atoms with Gasteiger partial charge in [-0.25, -0.2) is 0 Å². The molecular weight excluding hydrogens is 314 g/mol. The van der Waals surface area contributed by atoms with Gasteiger partial charge < -0.3 is 14.4 Å². The molecule has 3 rings (SSSR count). The van der Waals surface area contributed by atoms with Gasteiger partial charge in [0, 0.05) is 31.9 Å². The normalized spacial score (nSPS) is 14.7. The molecule has 5 nitrogen and oxygen atoms in total. The molecule has 2 aromatic rings. The molecule has 25 heavy (non-hydrogen) atoms. The maximum atomic E-state index is 13.1. The number of carbonyl (C=O) groups excluding carboxylic acids is 1. The summed E-state index contributed by atoms with van der Waals surface area (Å²) < 4.78 is 1.67. The molecule has 1 atom stereocenters. The molecule has 0 bridgehead atoms. The van der Waals surface area contributed by atoms with Crippen LogP contribution in [0.3, 0.4) is 0 Å². The van der Waals surface area contributed by atoms with Crippen molar-refractivity contribution >= 4 is 5.91 Å². The first-order valence-electron chi connectivity index (χ1n) is 8.61. The number of fused-ring (bicyclic) bond motifs is 1. The van der Waals surface area contributed by atoms with Crippen molar-refractivity contribution in [3.05, 3.63) is 69.1 Å². The van der Waals surface area contributed by atoms with Crippen LogP contribution in [0.4, 0.5) is 0 Å². The van der Waals surface area contributed by atoms with E-state index in [1.807, 2.05) is 63.2 Å². The Hall–Kier alpha value is -2.40. The number of aryl methyl sites for hydroxylation is 1. The summed E-state index contributed by atoms with van der Waals surface area (Å²) in [5.74, 6) is -0.176. The number of pyridine rings is 1. The van der Waals surface area contributed by atoms with E-state index in [2.05, 4.69) is 0 Å². The Labute approximate surface area is 148 Å². The lowest BCUT2D eigenvalue weighted by Crippen LogP contribution is -2.37. The zero-order valence-electron chi connectivity index (χ0n) is 15.3. The molecule has 0 saturated heterocycles. The van der Waals surface area contributed by atoms with Crippen molar-refractivity contribution in [2.75, 3.05) is 20.6 Å². The van der Waals surface area contributed by atoms with Gasteiger partial charge in [0.2, 0.25) is 0 Å². The summed E-state index contributed by atoms with van der Waals surface area (Å²) in [6.45, 7) is 5.70. The lowest BCUT2D eigenvalue weighted by molar-refractivity contribution is 0.0748. The fraction of sp³-hybridized carbons (Fsp3) is 0.400. The minimum atomic E-state index is -0.199. The fourth-order valence-electron chi connectivity index (χ4n) is 3.50. The molecule has 0 aliphatic carbocycles. The molecule has 2 heterocycles. The van der Waals surface area contributed by atoms with Crippen LogP contribution in [0, 0.1) is 6.92 Å². The summed E-state index contributed by atoms with van der Waals surface area (Å²) in [5, 5.41) is 0. The SMILES string of the molecule is Cc1ccn(C(C)CN(C)C)c(=O)c1C(=O)N1Cc2ccccc2C1. The Kier molecular flexibility index (Phi) is 4.77. The van der Waals surface area contributed by atoms with Crippen molar-refractivity contribution in [3.8, 4) is 0 Å². The number of aromatic nitrogens is 1. The number of rotatable bonds is 4. The van der Waals surface area contributed by atoms with Crippen molar-refractivity contribution in [2.45, 2.75) is 33.0 Å². The van der Waals surface area contributed by atoms with Crippen molar-refractivity contribution in [2.24, 2.45) is 0 Å². The Morgan fingerprint density at radius 3 is 2.32 bits per heavy atom. The molecular formula is C20H25N3O2. The minimum Gasteiger partial charge on any atom is -0.330 e. The zero-order valence-corrected chi connectivity index (χ0v) is 15.3. The van der Waals surface area contributed by atoms with Gasteiger partial charge in [-0.15, -0.1) is 0 Å². The predicted molar refractivity (Wildman–Crippen MR) is 98.7 cm³/mol. The van der Waals surface area contributed by atoms with E-state index in [9.17, 15) is 9.59 Å². The van der Waals surface area contributed by atoms with Crippen LogP contribution in [0.2, 0.25) is 0 Å². The number of hydrogen-bond donors (Lipinski definition) is 0. The molecule has 0 spiro atoms. The quantitative estimate of drug-likeness (QED) is 0.859. The van der Waals surface area contributed by atoms with Crippen LogP contribution in [0.1, 0.15) is 40.0 Å². The van der Waals surface area contributed by atoms with Crippen LogP contribution >= 0.6 is 0 Å². The molecule has 132 valence electrons. The second-order valence-electron chi connectivity index (χ2n) is 7.13. The van der Waals surface area contributed by atoms with E-state index < -0.39 is 0 Å². The van der Waals surface area contributed by atoms with Gasteiger partial charge in [-0.2, -0.15) is 0 Å². The third kappa shape index (κ3) is 3.37. The van der Waals surface area contributed by atoms with Gasteiger partial charge in [0.1, 0.15) is 5.56 Å². The summed E-state index contributed by atoms with van der Waals surface area (Å²) in [5.41, 5.74) is 3.15. The number of carbonyl (C=O) groups is 1. The minimum absolute atomic E-state index is 0.00502. The van der Waals surface area contributed by atoms with Gasteiger partial charge in [0.15, 0.2) is 0 Å². The molecule has 1 amide bonds. The summed E-state index contributed by atoms with van der Waals surface area (Å²) in [6.07, 6.45) is 1.79. The van der Waals surface area contributed by atoms with E-state index in [0.29, 0.717) is 18.7 Å². The predicted octanol–water partition coefficient (Wildman–Crippen LogP) is 2.44. The first-order valence-corrected chi connectivity index (χ1v) is 8.61. The van der Waals surface area contributed by atoms with Gasteiger partial charge in [0.05, 0.1) is 0 Å². The second-order valence-corrected chi connectivity index (χ2v) is 7.13. The second kappa shape index (κ2) is 6.84. The van der Waals surface area contributed by atoms with Crippen molar-refractivity contribution in [1.29, 1.82) is 0 Å². The van der Waals surface area contributed by atoms with Crippen LogP contribution in [0.25, 0.3) is 0 Å². The lowest BCUT2D eigenvalue weighted by Gasteiger charge is -2.22. The van der Waals surface area contributed by atoms with Gasteiger partial charge in [0.25, 0.3) is 11.5 Å². The first-order chi connectivity index (χ1) is 11.9. The molecule has 1 aromatic carbocycles. The van der Waals surface area contributed by atoms with Crippen LogP contribution in [-0.2, 0) is 13.1 Å². The van der Waals surface area contributed by atoms with Crippen LogP contribution in [0.15, 0.2) is 41.3 Å². The maximum Gasteiger partial charge on any atom is 0.263 e. The van der Waals surface area contributed by atoms with E-state index in [1.165, 1.54) is 0 Å². The van der Waals surface area contributed by atoms with Crippen molar-refractivity contribution < 1.29 is 4.79 Å². The third-order valence-electron chi connectivity index (χ3n) is 4.77. The summed E-state index contributed by atoms with van der Waals surface area (Å²) in [4.78, 5) is 29.8. The molecule has 1 aliphatic rings. The molecule has 0 radical (unpaired) electrons. The average molecular weight is 339 g/mol. The average Bonchev–Trinajstić information content (AvgIpc) is 2.98. The Bertz CT molecular complexity index is 829. The van der Waals surface area contributed by atoms with Gasteiger partial charge in [-0.05, 0) is 50.7 Å². The molecule has 0 saturated carbocycles. The molecule has 1 aliphatic heterocycles. The molecule has 0 N–H and O–H groups in total. The lowest BCUT2D eigenvalue weighted by atomic mass is 10.1. The zero-order chi connectivity index (χ0) is 18.1. The summed E-state index contributed by atoms with van der Waals surface area (Å²) in [6, 6.07) is 9.91. The van der Waals surface area contributed by atoms with Crippen molar-refractivity contribution in [1.82, 2.24) is 14.4 Å². The Morgan fingerprint density at radius 2 is 1.76 bits per heavy atom. The van der Waals surface area contributed by atoms with E-state index in [0.717, 1.165) is 23.2 Å². The third-order valence-corrected chi connectivity index (χ3v) is 4.77. The highest BCUT2D eigenvalue weighted by atomic mass is 16.2. The molecule has 5 heteroatoms. The highest BCUT2D eigenvalue weighted by molar-refractivity contribution is 5.95. The van der Waals surface area contributed by atoms with Crippen LogP contribution in [0.5, 0.6) is 0 Å². The van der Waals surface area contributed by atoms with E-state index >= 15 is 0 Å². The van der Waals surface area contributed by atoms with Crippen molar-refractivity contribution in [3.63, 3.8) is 0 Å². The number of amides is 1. The molecule has 1 unspecified atom stereocenters. The number of benzene rings is 1. The van der Waals surface area contributed by atoms with Gasteiger partial charge in [-0.1, -0.05) is 24.3 Å². The number of likely N-dealkylation sites (N-methyl/N-ethyl adjacent to an activating group) is 1. The smallest absolute Gasteiger partial charge is 0.263 e. The van der Waals surface area contributed by atoms with Gasteiger partial charge >= 0.3 is 0 Å². The number of nitrogens with zero attached hydrogens (tertiary/aromatic N) is 3. The monoisotopic (exact) mass is 339 g/mol. The fourth-order valence-corrected chi connectivity index (χ4v) is 3.50. The largest absolute Gasteiger partial charge is 0.330 e. The Balaban J connectivity index is 1.92. The van der Waals surface area contributed by atoms with Crippen LogP contribution < -0.4 is 5.56 Å². The topological polar surface area (TPSA) is 45.6 Å².